The summed E-state index contributed by atoms with van der Waals surface area (Å²) in [5, 5.41) is 14.5. The number of likely N-dealkylation sites (N-methyl/N-ethyl adjacent to an activating group) is 1. The quantitative estimate of drug-likeness (QED) is 0.766. The minimum atomic E-state index is -0.168. The van der Waals surface area contributed by atoms with Gasteiger partial charge in [0.05, 0.1) is 12.6 Å². The van der Waals surface area contributed by atoms with Crippen LogP contribution in [0.5, 0.6) is 0 Å². The number of nitrogens with one attached hydrogen (secondary N) is 1. The van der Waals surface area contributed by atoms with Gasteiger partial charge >= 0.3 is 6.03 Å². The molecule has 0 heterocycles. The highest BCUT2D eigenvalue weighted by Crippen LogP contribution is 2.22. The molecule has 4 nitrogen and oxygen atoms in total. The predicted molar refractivity (Wildman–Crippen MR) is 97.8 cm³/mol. The first-order chi connectivity index (χ1) is 11.1. The fraction of sp³-hybridized carbons (Fsp3) is 0.389. The van der Waals surface area contributed by atoms with E-state index >= 15 is 0 Å². The molecule has 2 aromatic rings. The second kappa shape index (κ2) is 8.79. The van der Waals surface area contributed by atoms with Gasteiger partial charge in [-0.15, -0.1) is 0 Å². The van der Waals surface area contributed by atoms with E-state index in [4.69, 9.17) is 5.11 Å². The molecule has 0 aromatic heterocycles. The molecule has 1 unspecified atom stereocenters. The molecule has 2 amide bonds. The van der Waals surface area contributed by atoms with E-state index in [1.165, 1.54) is 21.2 Å². The van der Waals surface area contributed by atoms with Crippen LogP contribution in [0.2, 0.25) is 0 Å². The molecule has 0 aliphatic carbocycles. The molecular formula is C18H24N2O2S. The normalized spacial score (nSPS) is 12.1. The third kappa shape index (κ3) is 4.88. The summed E-state index contributed by atoms with van der Waals surface area (Å²) in [6, 6.07) is 14.5. The van der Waals surface area contributed by atoms with Gasteiger partial charge in [0.1, 0.15) is 0 Å². The zero-order valence-corrected chi connectivity index (χ0v) is 14.5. The number of urea groups is 1. The summed E-state index contributed by atoms with van der Waals surface area (Å²) in [6.07, 6.45) is 0. The number of fused-ring (bicyclic) bond motifs is 1. The Kier molecular flexibility index (Phi) is 6.74. The Balaban J connectivity index is 1.76. The minimum absolute atomic E-state index is 0.0280. The molecule has 0 saturated carbocycles. The van der Waals surface area contributed by atoms with Crippen molar-refractivity contribution in [2.24, 2.45) is 0 Å². The molecule has 2 N–H and O–H groups in total. The lowest BCUT2D eigenvalue weighted by molar-refractivity contribution is 0.158. The number of carbonyl (C=O) groups excluding carboxylic acids is 1. The van der Waals surface area contributed by atoms with Gasteiger partial charge < -0.3 is 15.3 Å². The number of nitrogens with zero attached hydrogens (tertiary/aromatic N) is 1. The Labute approximate surface area is 141 Å². The maximum Gasteiger partial charge on any atom is 0.317 e. The maximum absolute atomic E-state index is 11.8. The number of thioether (sulfide) groups is 1. The minimum Gasteiger partial charge on any atom is -0.394 e. The third-order valence-corrected chi connectivity index (χ3v) is 4.91. The van der Waals surface area contributed by atoms with E-state index in [-0.39, 0.29) is 18.7 Å². The summed E-state index contributed by atoms with van der Waals surface area (Å²) in [5.41, 5.74) is 1.32. The van der Waals surface area contributed by atoms with Crippen molar-refractivity contribution in [3.63, 3.8) is 0 Å². The molecule has 2 aromatic carbocycles. The van der Waals surface area contributed by atoms with Crippen molar-refractivity contribution in [1.29, 1.82) is 0 Å². The standard InChI is InChI=1S/C18H24N2O2S/c1-14(12-21)20(2)18(22)19-10-11-23-13-16-8-5-7-15-6-3-4-9-17(15)16/h3-9,14,21H,10-13H2,1-2H3,(H,19,22). The van der Waals surface area contributed by atoms with Crippen molar-refractivity contribution in [3.05, 3.63) is 48.0 Å². The van der Waals surface area contributed by atoms with Gasteiger partial charge in [-0.2, -0.15) is 11.8 Å². The monoisotopic (exact) mass is 332 g/mol. The van der Waals surface area contributed by atoms with Crippen LogP contribution in [0.4, 0.5) is 4.79 Å². The molecule has 0 fully saturated rings. The van der Waals surface area contributed by atoms with Crippen molar-refractivity contribution in [1.82, 2.24) is 10.2 Å². The molecule has 124 valence electrons. The van der Waals surface area contributed by atoms with Crippen molar-refractivity contribution >= 4 is 28.6 Å². The van der Waals surface area contributed by atoms with E-state index in [1.54, 1.807) is 18.8 Å². The Morgan fingerprint density at radius 3 is 2.78 bits per heavy atom. The lowest BCUT2D eigenvalue weighted by Crippen LogP contribution is -2.44. The Hall–Kier alpha value is -1.72. The molecule has 0 aliphatic rings. The molecule has 0 spiro atoms. The molecule has 23 heavy (non-hydrogen) atoms. The fourth-order valence-electron chi connectivity index (χ4n) is 2.28. The third-order valence-electron chi connectivity index (χ3n) is 3.91. The number of rotatable bonds is 7. The summed E-state index contributed by atoms with van der Waals surface area (Å²) >= 11 is 1.81. The van der Waals surface area contributed by atoms with Crippen LogP contribution in [0.1, 0.15) is 12.5 Å². The first kappa shape index (κ1) is 17.6. The summed E-state index contributed by atoms with van der Waals surface area (Å²) in [5.74, 6) is 1.79. The van der Waals surface area contributed by atoms with Crippen LogP contribution in [0, 0.1) is 0 Å². The van der Waals surface area contributed by atoms with E-state index in [1.807, 2.05) is 6.92 Å². The molecule has 1 atom stereocenters. The molecule has 0 radical (unpaired) electrons. The van der Waals surface area contributed by atoms with Crippen LogP contribution >= 0.6 is 11.8 Å². The van der Waals surface area contributed by atoms with E-state index in [2.05, 4.69) is 47.8 Å². The SMILES string of the molecule is CC(CO)N(C)C(=O)NCCSCc1cccc2ccccc12. The van der Waals surface area contributed by atoms with Gasteiger partial charge in [-0.1, -0.05) is 42.5 Å². The number of amides is 2. The van der Waals surface area contributed by atoms with E-state index in [9.17, 15) is 4.79 Å². The molecule has 0 bridgehead atoms. The number of aliphatic hydroxyl groups excluding tert-OH is 1. The Morgan fingerprint density at radius 1 is 1.26 bits per heavy atom. The highest BCUT2D eigenvalue weighted by Gasteiger charge is 2.13. The second-order valence-corrected chi connectivity index (χ2v) is 6.67. The van der Waals surface area contributed by atoms with Crippen LogP contribution in [0.25, 0.3) is 10.8 Å². The van der Waals surface area contributed by atoms with Crippen molar-refractivity contribution in [3.8, 4) is 0 Å². The number of benzene rings is 2. The smallest absolute Gasteiger partial charge is 0.317 e. The van der Waals surface area contributed by atoms with Gasteiger partial charge in [0.2, 0.25) is 0 Å². The molecule has 5 heteroatoms. The summed E-state index contributed by atoms with van der Waals surface area (Å²) < 4.78 is 0. The molecule has 2 rings (SSSR count). The van der Waals surface area contributed by atoms with Crippen LogP contribution in [0.3, 0.4) is 0 Å². The lowest BCUT2D eigenvalue weighted by atomic mass is 10.1. The van der Waals surface area contributed by atoms with E-state index in [0.29, 0.717) is 6.54 Å². The molecular weight excluding hydrogens is 308 g/mol. The Bertz CT molecular complexity index is 642. The molecule has 0 saturated heterocycles. The van der Waals surface area contributed by atoms with Gasteiger partial charge in [-0.05, 0) is 23.3 Å². The zero-order valence-electron chi connectivity index (χ0n) is 13.7. The number of aliphatic hydroxyl groups is 1. The van der Waals surface area contributed by atoms with Crippen LogP contribution in [-0.4, -0.2) is 48.0 Å². The van der Waals surface area contributed by atoms with Crippen molar-refractivity contribution < 1.29 is 9.90 Å². The average molecular weight is 332 g/mol. The van der Waals surface area contributed by atoms with Gasteiger partial charge in [0.25, 0.3) is 0 Å². The first-order valence-corrected chi connectivity index (χ1v) is 8.95. The topological polar surface area (TPSA) is 52.6 Å². The van der Waals surface area contributed by atoms with E-state index < -0.39 is 0 Å². The zero-order chi connectivity index (χ0) is 16.7. The largest absolute Gasteiger partial charge is 0.394 e. The van der Waals surface area contributed by atoms with Gasteiger partial charge in [0.15, 0.2) is 0 Å². The van der Waals surface area contributed by atoms with Gasteiger partial charge in [-0.25, -0.2) is 4.79 Å². The predicted octanol–water partition coefficient (Wildman–Crippen LogP) is 3.10. The highest BCUT2D eigenvalue weighted by molar-refractivity contribution is 7.98. The lowest BCUT2D eigenvalue weighted by Gasteiger charge is -2.23. The molecule has 0 aliphatic heterocycles. The second-order valence-electron chi connectivity index (χ2n) is 5.57. The van der Waals surface area contributed by atoms with Crippen LogP contribution in [0.15, 0.2) is 42.5 Å². The number of carbonyl (C=O) groups is 1. The number of hydrogen-bond acceptors (Lipinski definition) is 3. The van der Waals surface area contributed by atoms with Gasteiger partial charge in [-0.3, -0.25) is 0 Å². The van der Waals surface area contributed by atoms with Gasteiger partial charge in [0, 0.05) is 25.1 Å². The number of hydrogen-bond donors (Lipinski definition) is 2. The highest BCUT2D eigenvalue weighted by atomic mass is 32.2. The average Bonchev–Trinajstić information content (AvgIpc) is 2.60. The summed E-state index contributed by atoms with van der Waals surface area (Å²) in [4.78, 5) is 13.4. The maximum atomic E-state index is 11.8. The summed E-state index contributed by atoms with van der Waals surface area (Å²) in [7, 11) is 1.69. The first-order valence-electron chi connectivity index (χ1n) is 7.79. The fourth-order valence-corrected chi connectivity index (χ4v) is 3.14. The summed E-state index contributed by atoms with van der Waals surface area (Å²) in [6.45, 7) is 2.41. The van der Waals surface area contributed by atoms with Crippen molar-refractivity contribution in [2.45, 2.75) is 18.7 Å². The van der Waals surface area contributed by atoms with Crippen LogP contribution in [-0.2, 0) is 5.75 Å². The van der Waals surface area contributed by atoms with E-state index in [0.717, 1.165) is 11.5 Å². The Morgan fingerprint density at radius 2 is 2.00 bits per heavy atom. The van der Waals surface area contributed by atoms with Crippen molar-refractivity contribution in [2.75, 3.05) is 26.0 Å². The van der Waals surface area contributed by atoms with Crippen LogP contribution < -0.4 is 5.32 Å².